The lowest BCUT2D eigenvalue weighted by molar-refractivity contribution is -0.383. The molecule has 5 rings (SSSR count). The van der Waals surface area contributed by atoms with Gasteiger partial charge in [0.25, 0.3) is 11.2 Å². The number of aromatic nitrogens is 4. The Balaban J connectivity index is 1.71. The number of rotatable bonds is 5. The zero-order chi connectivity index (χ0) is 26.3. The van der Waals surface area contributed by atoms with Gasteiger partial charge in [-0.2, -0.15) is 4.98 Å². The molecule has 0 bridgehead atoms. The van der Waals surface area contributed by atoms with E-state index in [2.05, 4.69) is 11.8 Å². The number of hydrogen-bond acceptors (Lipinski definition) is 7. The average molecular weight is 502 g/mol. The van der Waals surface area contributed by atoms with Crippen LogP contribution < -0.4 is 21.9 Å². The largest absolute Gasteiger partial charge is 0.341 e. The number of fused-ring (bicyclic) bond motifs is 2. The van der Waals surface area contributed by atoms with Crippen molar-refractivity contribution in [2.45, 2.75) is 38.9 Å². The van der Waals surface area contributed by atoms with E-state index in [1.807, 2.05) is 4.90 Å². The second kappa shape index (κ2) is 9.55. The zero-order valence-corrected chi connectivity index (χ0v) is 20.7. The number of nitrogens with zero attached hydrogens (tertiary/aromatic N) is 6. The molecule has 1 atom stereocenters. The Labute approximate surface area is 211 Å². The SMILES string of the molecule is CC#CCn1c(N2CCCC(N)C2)nc2c1c(=O)n(Cc1cccc3c([N+](=O)[O-])cccc13)c(=O)n2C. The third-order valence-electron chi connectivity index (χ3n) is 6.88. The third kappa shape index (κ3) is 4.15. The summed E-state index contributed by atoms with van der Waals surface area (Å²) in [6, 6.07) is 9.90. The van der Waals surface area contributed by atoms with E-state index >= 15 is 0 Å². The summed E-state index contributed by atoms with van der Waals surface area (Å²) in [5.74, 6) is 6.46. The monoisotopic (exact) mass is 501 g/mol. The summed E-state index contributed by atoms with van der Waals surface area (Å²) in [6.45, 7) is 3.26. The highest BCUT2D eigenvalue weighted by Gasteiger charge is 2.26. The van der Waals surface area contributed by atoms with Gasteiger partial charge in [0.05, 0.1) is 23.4 Å². The highest BCUT2D eigenvalue weighted by molar-refractivity contribution is 5.93. The second-order valence-electron chi connectivity index (χ2n) is 9.22. The summed E-state index contributed by atoms with van der Waals surface area (Å²) in [5, 5.41) is 12.6. The van der Waals surface area contributed by atoms with Crippen LogP contribution in [0.15, 0.2) is 46.0 Å². The van der Waals surface area contributed by atoms with Crippen LogP contribution in [0, 0.1) is 22.0 Å². The fourth-order valence-corrected chi connectivity index (χ4v) is 5.07. The quantitative estimate of drug-likeness (QED) is 0.251. The highest BCUT2D eigenvalue weighted by Crippen LogP contribution is 2.28. The first-order chi connectivity index (χ1) is 17.8. The standard InChI is InChI=1S/C26H27N7O4/c1-3-4-14-31-22-23(28-25(31)30-13-7-9-18(27)16-30)29(2)26(35)32(24(22)34)15-17-8-5-11-20-19(17)10-6-12-21(20)33(36)37/h5-6,8,10-12,18H,7,9,13-16,27H2,1-2H3. The molecule has 2 aromatic carbocycles. The lowest BCUT2D eigenvalue weighted by Crippen LogP contribution is -2.44. The van der Waals surface area contributed by atoms with Gasteiger partial charge in [0.1, 0.15) is 0 Å². The molecule has 0 aliphatic carbocycles. The minimum atomic E-state index is -0.520. The Morgan fingerprint density at radius 1 is 1.16 bits per heavy atom. The van der Waals surface area contributed by atoms with Gasteiger partial charge in [-0.1, -0.05) is 30.2 Å². The van der Waals surface area contributed by atoms with Crippen molar-refractivity contribution in [2.24, 2.45) is 12.8 Å². The van der Waals surface area contributed by atoms with Gasteiger partial charge in [-0.3, -0.25) is 28.6 Å². The predicted octanol–water partition coefficient (Wildman–Crippen LogP) is 1.96. The van der Waals surface area contributed by atoms with E-state index in [-0.39, 0.29) is 36.0 Å². The second-order valence-corrected chi connectivity index (χ2v) is 9.22. The van der Waals surface area contributed by atoms with Crippen LogP contribution in [0.2, 0.25) is 0 Å². The molecule has 1 aliphatic rings. The molecule has 3 heterocycles. The molecule has 2 aromatic heterocycles. The maximum atomic E-state index is 13.9. The predicted molar refractivity (Wildman–Crippen MR) is 142 cm³/mol. The minimum absolute atomic E-state index is 0.00447. The number of anilines is 1. The van der Waals surface area contributed by atoms with Gasteiger partial charge in [0.2, 0.25) is 5.95 Å². The zero-order valence-electron chi connectivity index (χ0n) is 20.7. The molecule has 37 heavy (non-hydrogen) atoms. The van der Waals surface area contributed by atoms with Gasteiger partial charge < -0.3 is 10.6 Å². The van der Waals surface area contributed by atoms with Gasteiger partial charge >= 0.3 is 5.69 Å². The van der Waals surface area contributed by atoms with E-state index in [4.69, 9.17) is 10.7 Å². The van der Waals surface area contributed by atoms with Crippen LogP contribution in [0.1, 0.15) is 25.3 Å². The van der Waals surface area contributed by atoms with Crippen LogP contribution in [0.3, 0.4) is 0 Å². The first kappa shape index (κ1) is 24.3. The van der Waals surface area contributed by atoms with Crippen molar-refractivity contribution in [3.63, 3.8) is 0 Å². The molecule has 0 amide bonds. The smallest absolute Gasteiger partial charge is 0.332 e. The third-order valence-corrected chi connectivity index (χ3v) is 6.88. The van der Waals surface area contributed by atoms with Crippen molar-refractivity contribution in [1.29, 1.82) is 0 Å². The summed E-state index contributed by atoms with van der Waals surface area (Å²) < 4.78 is 4.28. The first-order valence-corrected chi connectivity index (χ1v) is 12.1. The molecule has 11 heteroatoms. The van der Waals surface area contributed by atoms with Crippen LogP contribution >= 0.6 is 0 Å². The van der Waals surface area contributed by atoms with Gasteiger partial charge in [-0.15, -0.1) is 5.92 Å². The average Bonchev–Trinajstić information content (AvgIpc) is 3.28. The molecule has 4 aromatic rings. The molecule has 1 unspecified atom stereocenters. The molecule has 0 spiro atoms. The van der Waals surface area contributed by atoms with Crippen molar-refractivity contribution in [3.05, 3.63) is 72.9 Å². The molecule has 0 radical (unpaired) electrons. The van der Waals surface area contributed by atoms with Gasteiger partial charge in [-0.05, 0) is 36.8 Å². The van der Waals surface area contributed by atoms with Crippen LogP contribution in [0.25, 0.3) is 21.9 Å². The number of hydrogen-bond donors (Lipinski definition) is 1. The molecule has 190 valence electrons. The first-order valence-electron chi connectivity index (χ1n) is 12.1. The number of nitro benzene ring substituents is 1. The molecule has 11 nitrogen and oxygen atoms in total. The molecule has 1 aliphatic heterocycles. The fraction of sp³-hybridized carbons (Fsp3) is 0.346. The van der Waals surface area contributed by atoms with Crippen LogP contribution in [-0.2, 0) is 20.1 Å². The molecule has 2 N–H and O–H groups in total. The maximum Gasteiger partial charge on any atom is 0.332 e. The van der Waals surface area contributed by atoms with E-state index in [0.29, 0.717) is 28.8 Å². The Hall–Kier alpha value is -4.43. The summed E-state index contributed by atoms with van der Waals surface area (Å²) in [7, 11) is 1.59. The summed E-state index contributed by atoms with van der Waals surface area (Å²) in [4.78, 5) is 45.1. The van der Waals surface area contributed by atoms with E-state index in [9.17, 15) is 19.7 Å². The number of non-ortho nitro benzene ring substituents is 1. The van der Waals surface area contributed by atoms with E-state index in [1.165, 1.54) is 10.6 Å². The minimum Gasteiger partial charge on any atom is -0.341 e. The molecular weight excluding hydrogens is 474 g/mol. The summed E-state index contributed by atoms with van der Waals surface area (Å²) in [5.41, 5.74) is 6.36. The van der Waals surface area contributed by atoms with Crippen molar-refractivity contribution >= 4 is 33.6 Å². The van der Waals surface area contributed by atoms with Crippen molar-refractivity contribution < 1.29 is 4.92 Å². The van der Waals surface area contributed by atoms with Crippen LogP contribution in [0.4, 0.5) is 11.6 Å². The number of piperidine rings is 1. The molecule has 1 fully saturated rings. The van der Waals surface area contributed by atoms with Gasteiger partial charge in [0, 0.05) is 32.2 Å². The lowest BCUT2D eigenvalue weighted by atomic mass is 10.0. The highest BCUT2D eigenvalue weighted by atomic mass is 16.6. The normalized spacial score (nSPS) is 15.6. The molecule has 1 saturated heterocycles. The number of aryl methyl sites for hydroxylation is 1. The lowest BCUT2D eigenvalue weighted by Gasteiger charge is -2.31. The van der Waals surface area contributed by atoms with E-state index < -0.39 is 16.2 Å². The molecule has 0 saturated carbocycles. The van der Waals surface area contributed by atoms with Crippen molar-refractivity contribution in [3.8, 4) is 11.8 Å². The molecular formula is C26H27N7O4. The number of benzene rings is 2. The Kier molecular flexibility index (Phi) is 6.27. The number of nitro groups is 1. The van der Waals surface area contributed by atoms with Crippen molar-refractivity contribution in [2.75, 3.05) is 18.0 Å². The Morgan fingerprint density at radius 3 is 2.65 bits per heavy atom. The number of nitrogens with two attached hydrogens (primary N) is 1. The van der Waals surface area contributed by atoms with Crippen LogP contribution in [-0.4, -0.2) is 42.7 Å². The topological polar surface area (TPSA) is 134 Å². The summed E-state index contributed by atoms with van der Waals surface area (Å²) in [6.07, 6.45) is 1.82. The Bertz CT molecular complexity index is 1720. The van der Waals surface area contributed by atoms with Crippen molar-refractivity contribution in [1.82, 2.24) is 18.7 Å². The van der Waals surface area contributed by atoms with E-state index in [0.717, 1.165) is 24.0 Å². The summed E-state index contributed by atoms with van der Waals surface area (Å²) >= 11 is 0. The van der Waals surface area contributed by atoms with Gasteiger partial charge in [-0.25, -0.2) is 4.79 Å². The fourth-order valence-electron chi connectivity index (χ4n) is 5.07. The number of imidazole rings is 1. The maximum absolute atomic E-state index is 13.9. The Morgan fingerprint density at radius 2 is 1.92 bits per heavy atom. The van der Waals surface area contributed by atoms with Crippen LogP contribution in [0.5, 0.6) is 0 Å². The van der Waals surface area contributed by atoms with Gasteiger partial charge in [0.15, 0.2) is 11.2 Å². The van der Waals surface area contributed by atoms with E-state index in [1.54, 1.807) is 48.9 Å².